The normalized spacial score (nSPS) is 14.1. The van der Waals surface area contributed by atoms with Crippen LogP contribution in [0, 0.1) is 6.92 Å². The van der Waals surface area contributed by atoms with Crippen molar-refractivity contribution in [3.63, 3.8) is 0 Å². The fourth-order valence-electron chi connectivity index (χ4n) is 2.07. The van der Waals surface area contributed by atoms with Crippen LogP contribution in [0.4, 0.5) is 0 Å². The van der Waals surface area contributed by atoms with Crippen LogP contribution in [0.1, 0.15) is 31.0 Å². The number of aryl methyl sites for hydroxylation is 1. The van der Waals surface area contributed by atoms with Crippen LogP contribution in [0.2, 0.25) is 0 Å². The van der Waals surface area contributed by atoms with Crippen molar-refractivity contribution in [2.24, 2.45) is 0 Å². The van der Waals surface area contributed by atoms with E-state index in [4.69, 9.17) is 9.47 Å². The lowest BCUT2D eigenvalue weighted by Crippen LogP contribution is -2.38. The second-order valence-electron chi connectivity index (χ2n) is 5.27. The molecule has 1 amide bonds. The third-order valence-electron chi connectivity index (χ3n) is 3.61. The molecule has 0 aliphatic carbocycles. The highest BCUT2D eigenvalue weighted by molar-refractivity contribution is 7.92. The standard InChI is InChI=1S/C15H23NO5S/c1-9-7-13(20-4)14(21-5)8-12(9)10(2)16-15(17)11(3)22(6,18)19/h7-8,10-11H,1-6H3,(H,16,17)/t10-,11-/m1/s1. The molecule has 1 N–H and O–H groups in total. The van der Waals surface area contributed by atoms with Crippen LogP contribution in [0.25, 0.3) is 0 Å². The van der Waals surface area contributed by atoms with Crippen LogP contribution >= 0.6 is 0 Å². The van der Waals surface area contributed by atoms with Crippen molar-refractivity contribution in [2.75, 3.05) is 20.5 Å². The molecule has 1 aromatic carbocycles. The monoisotopic (exact) mass is 329 g/mol. The van der Waals surface area contributed by atoms with Crippen molar-refractivity contribution in [1.82, 2.24) is 5.32 Å². The lowest BCUT2D eigenvalue weighted by Gasteiger charge is -2.20. The minimum Gasteiger partial charge on any atom is -0.493 e. The molecule has 22 heavy (non-hydrogen) atoms. The van der Waals surface area contributed by atoms with Gasteiger partial charge in [0.1, 0.15) is 5.25 Å². The molecule has 1 rings (SSSR count). The van der Waals surface area contributed by atoms with Crippen LogP contribution in [-0.4, -0.2) is 40.1 Å². The van der Waals surface area contributed by atoms with Gasteiger partial charge in [0.25, 0.3) is 0 Å². The Bertz CT molecular complexity index is 654. The fraction of sp³-hybridized carbons (Fsp3) is 0.533. The van der Waals surface area contributed by atoms with E-state index in [2.05, 4.69) is 5.32 Å². The van der Waals surface area contributed by atoms with E-state index < -0.39 is 21.0 Å². The predicted molar refractivity (Wildman–Crippen MR) is 85.1 cm³/mol. The first-order valence-corrected chi connectivity index (χ1v) is 8.79. The summed E-state index contributed by atoms with van der Waals surface area (Å²) in [5, 5.41) is 1.63. The fourth-order valence-corrected chi connectivity index (χ4v) is 2.52. The van der Waals surface area contributed by atoms with Gasteiger partial charge in [-0.3, -0.25) is 4.79 Å². The van der Waals surface area contributed by atoms with Gasteiger partial charge in [0.15, 0.2) is 21.3 Å². The second kappa shape index (κ2) is 7.00. The van der Waals surface area contributed by atoms with Gasteiger partial charge in [0.2, 0.25) is 5.91 Å². The zero-order valence-electron chi connectivity index (χ0n) is 13.8. The van der Waals surface area contributed by atoms with Gasteiger partial charge >= 0.3 is 0 Å². The summed E-state index contributed by atoms with van der Waals surface area (Å²) in [7, 11) is -0.335. The molecule has 0 bridgehead atoms. The van der Waals surface area contributed by atoms with E-state index in [1.54, 1.807) is 20.1 Å². The van der Waals surface area contributed by atoms with E-state index in [1.165, 1.54) is 14.0 Å². The summed E-state index contributed by atoms with van der Waals surface area (Å²) >= 11 is 0. The molecule has 0 aromatic heterocycles. The average molecular weight is 329 g/mol. The number of rotatable bonds is 6. The molecule has 0 saturated carbocycles. The number of sulfone groups is 1. The first-order valence-electron chi connectivity index (χ1n) is 6.83. The van der Waals surface area contributed by atoms with Crippen LogP contribution in [0.5, 0.6) is 11.5 Å². The zero-order valence-corrected chi connectivity index (χ0v) is 14.6. The lowest BCUT2D eigenvalue weighted by molar-refractivity contribution is -0.121. The summed E-state index contributed by atoms with van der Waals surface area (Å²) in [5.74, 6) is 0.635. The number of nitrogens with one attached hydrogen (secondary N) is 1. The van der Waals surface area contributed by atoms with E-state index in [0.717, 1.165) is 17.4 Å². The number of hydrogen-bond donors (Lipinski definition) is 1. The molecule has 0 spiro atoms. The number of ether oxygens (including phenoxy) is 2. The quantitative estimate of drug-likeness (QED) is 0.858. The van der Waals surface area contributed by atoms with Gasteiger partial charge in [-0.05, 0) is 44.0 Å². The van der Waals surface area contributed by atoms with Gasteiger partial charge in [0.05, 0.1) is 20.3 Å². The van der Waals surface area contributed by atoms with Crippen molar-refractivity contribution >= 4 is 15.7 Å². The third-order valence-corrected chi connectivity index (χ3v) is 5.11. The first-order chi connectivity index (χ1) is 10.1. The maximum absolute atomic E-state index is 12.0. The molecular formula is C15H23NO5S. The van der Waals surface area contributed by atoms with Crippen LogP contribution in [0.3, 0.4) is 0 Å². The highest BCUT2D eigenvalue weighted by atomic mass is 32.2. The highest BCUT2D eigenvalue weighted by Gasteiger charge is 2.25. The number of methoxy groups -OCH3 is 2. The van der Waals surface area contributed by atoms with Gasteiger partial charge in [-0.2, -0.15) is 0 Å². The molecule has 0 fully saturated rings. The number of benzene rings is 1. The largest absolute Gasteiger partial charge is 0.493 e. The molecule has 0 heterocycles. The molecule has 1 aromatic rings. The van der Waals surface area contributed by atoms with Crippen molar-refractivity contribution in [3.8, 4) is 11.5 Å². The summed E-state index contributed by atoms with van der Waals surface area (Å²) < 4.78 is 33.4. The summed E-state index contributed by atoms with van der Waals surface area (Å²) in [4.78, 5) is 12.0. The Labute approximate surface area is 131 Å². The lowest BCUT2D eigenvalue weighted by atomic mass is 10.0. The summed E-state index contributed by atoms with van der Waals surface area (Å²) in [5.41, 5.74) is 1.75. The van der Waals surface area contributed by atoms with E-state index >= 15 is 0 Å². The van der Waals surface area contributed by atoms with Gasteiger partial charge in [-0.25, -0.2) is 8.42 Å². The average Bonchev–Trinajstić information content (AvgIpc) is 2.44. The number of amides is 1. The first kappa shape index (κ1) is 18.3. The van der Waals surface area contributed by atoms with Gasteiger partial charge < -0.3 is 14.8 Å². The van der Waals surface area contributed by atoms with E-state index in [1.807, 2.05) is 13.0 Å². The molecular weight excluding hydrogens is 306 g/mol. The van der Waals surface area contributed by atoms with E-state index in [-0.39, 0.29) is 6.04 Å². The Hall–Kier alpha value is -1.76. The molecule has 0 radical (unpaired) electrons. The SMILES string of the molecule is COc1cc(C)c([C@@H](C)NC(=O)[C@@H](C)S(C)(=O)=O)cc1OC. The Morgan fingerprint density at radius 2 is 1.64 bits per heavy atom. The minimum atomic E-state index is -3.42. The minimum absolute atomic E-state index is 0.350. The smallest absolute Gasteiger partial charge is 0.238 e. The topological polar surface area (TPSA) is 81.7 Å². The number of carbonyl (C=O) groups is 1. The molecule has 0 aliphatic rings. The third kappa shape index (κ3) is 4.13. The number of hydrogen-bond acceptors (Lipinski definition) is 5. The van der Waals surface area contributed by atoms with E-state index in [9.17, 15) is 13.2 Å². The van der Waals surface area contributed by atoms with Crippen LogP contribution in [-0.2, 0) is 14.6 Å². The number of carbonyl (C=O) groups excluding carboxylic acids is 1. The molecule has 2 atom stereocenters. The maximum Gasteiger partial charge on any atom is 0.238 e. The molecule has 0 unspecified atom stereocenters. The van der Waals surface area contributed by atoms with Crippen LogP contribution in [0.15, 0.2) is 12.1 Å². The Balaban J connectivity index is 3.04. The maximum atomic E-state index is 12.0. The Morgan fingerprint density at radius 1 is 1.14 bits per heavy atom. The van der Waals surface area contributed by atoms with Gasteiger partial charge in [-0.15, -0.1) is 0 Å². The second-order valence-corrected chi connectivity index (χ2v) is 7.63. The summed E-state index contributed by atoms with van der Waals surface area (Å²) in [6.07, 6.45) is 1.05. The predicted octanol–water partition coefficient (Wildman–Crippen LogP) is 1.62. The zero-order chi connectivity index (χ0) is 17.1. The van der Waals surface area contributed by atoms with Crippen molar-refractivity contribution in [1.29, 1.82) is 0 Å². The Kier molecular flexibility index (Phi) is 5.82. The van der Waals surface area contributed by atoms with Crippen molar-refractivity contribution in [2.45, 2.75) is 32.1 Å². The van der Waals surface area contributed by atoms with Gasteiger partial charge in [-0.1, -0.05) is 0 Å². The van der Waals surface area contributed by atoms with Crippen molar-refractivity contribution < 1.29 is 22.7 Å². The van der Waals surface area contributed by atoms with Crippen LogP contribution < -0.4 is 14.8 Å². The molecule has 124 valence electrons. The van der Waals surface area contributed by atoms with Gasteiger partial charge in [0, 0.05) is 6.26 Å². The molecule has 0 saturated heterocycles. The van der Waals surface area contributed by atoms with E-state index in [0.29, 0.717) is 11.5 Å². The molecule has 6 nitrogen and oxygen atoms in total. The van der Waals surface area contributed by atoms with Crippen molar-refractivity contribution in [3.05, 3.63) is 23.3 Å². The molecule has 7 heteroatoms. The molecule has 0 aliphatic heterocycles. The summed E-state index contributed by atoms with van der Waals surface area (Å²) in [6.45, 7) is 5.06. The summed E-state index contributed by atoms with van der Waals surface area (Å²) in [6, 6.07) is 3.25. The highest BCUT2D eigenvalue weighted by Crippen LogP contribution is 2.32. The Morgan fingerprint density at radius 3 is 2.09 bits per heavy atom.